The van der Waals surface area contributed by atoms with Gasteiger partial charge < -0.3 is 58.7 Å². The first-order valence-electron chi connectivity index (χ1n) is 20.2. The van der Waals surface area contributed by atoms with Crippen LogP contribution in [0.2, 0.25) is 0 Å². The lowest BCUT2D eigenvalue weighted by molar-refractivity contribution is -0.129. The maximum Gasteiger partial charge on any atom is 0.226 e. The number of nitrogens with one attached hydrogen (secondary N) is 9. The molecule has 0 spiro atoms. The van der Waals surface area contributed by atoms with E-state index in [1.165, 1.54) is 0 Å². The molecule has 8 unspecified atom stereocenters. The van der Waals surface area contributed by atoms with E-state index in [9.17, 15) is 33.9 Å². The summed E-state index contributed by atoms with van der Waals surface area (Å²) in [6.45, 7) is 6.39. The normalized spacial score (nSPS) is 28.4. The molecule has 12 N–H and O–H groups in total. The number of amides is 6. The standard InChI is InChI=1S/C39H62N10O7/c1-21(2)11-24(13-34(51)47-31-18-42-15-27(31)35(40)52)46-38(55)28-16-43-20-33(28)49-39(56)29-17-44-19-32(29)48-36(53)23(12-22-7-9-25(50)10-8-22)14-45-37(54)26-5-4-6-30(26)41-3/h7-10,21,23-24,26-33,41-44,50H,4-6,11-20H2,1-3H3,(H2,40,52)(H,45,54)(H,46,55)(H,47,51)(H,48,53)(H,49,56)/t23-,24-,26?,27?,28?,29?,30?,31?,32?,33?/m0/s1. The van der Waals surface area contributed by atoms with Crippen LogP contribution in [-0.4, -0.2) is 124 Å². The highest BCUT2D eigenvalue weighted by Crippen LogP contribution is 2.26. The first-order valence-corrected chi connectivity index (χ1v) is 20.2. The second-order valence-corrected chi connectivity index (χ2v) is 16.4. The van der Waals surface area contributed by atoms with Crippen LogP contribution in [0, 0.1) is 35.5 Å². The number of phenols is 1. The summed E-state index contributed by atoms with van der Waals surface area (Å²) in [6, 6.07) is 4.80. The molecule has 0 bridgehead atoms. The minimum Gasteiger partial charge on any atom is -0.508 e. The first kappa shape index (κ1) is 42.8. The number of aromatic hydroxyl groups is 1. The van der Waals surface area contributed by atoms with Gasteiger partial charge in [0.25, 0.3) is 0 Å². The summed E-state index contributed by atoms with van der Waals surface area (Å²) in [5.41, 5.74) is 6.33. The number of nitrogens with two attached hydrogens (primary N) is 1. The summed E-state index contributed by atoms with van der Waals surface area (Å²) >= 11 is 0. The van der Waals surface area contributed by atoms with Gasteiger partial charge in [-0.1, -0.05) is 32.4 Å². The molecule has 3 heterocycles. The Kier molecular flexibility index (Phi) is 15.4. The minimum absolute atomic E-state index is 0.0344. The maximum absolute atomic E-state index is 13.9. The molecular weight excluding hydrogens is 720 g/mol. The molecular formula is C39H62N10O7. The number of phenolic OH excluding ortho intramolecular Hbond substituents is 1. The number of carbonyl (C=O) groups excluding carboxylic acids is 6. The fourth-order valence-electron chi connectivity index (χ4n) is 8.64. The van der Waals surface area contributed by atoms with Crippen molar-refractivity contribution in [1.82, 2.24) is 47.9 Å². The Bertz CT molecular complexity index is 1540. The molecule has 17 heteroatoms. The fraction of sp³-hybridized carbons (Fsp3) is 0.692. The molecule has 3 saturated heterocycles. The van der Waals surface area contributed by atoms with Gasteiger partial charge in [0.15, 0.2) is 0 Å². The topological polar surface area (TPSA) is 257 Å². The van der Waals surface area contributed by atoms with Crippen LogP contribution in [0.5, 0.6) is 5.75 Å². The number of primary amides is 1. The van der Waals surface area contributed by atoms with Crippen molar-refractivity contribution in [2.75, 3.05) is 52.9 Å². The van der Waals surface area contributed by atoms with Gasteiger partial charge in [0.1, 0.15) is 5.75 Å². The smallest absolute Gasteiger partial charge is 0.226 e. The van der Waals surface area contributed by atoms with E-state index < -0.39 is 53.7 Å². The van der Waals surface area contributed by atoms with E-state index in [0.29, 0.717) is 52.1 Å². The van der Waals surface area contributed by atoms with Gasteiger partial charge in [0.05, 0.1) is 47.7 Å². The molecule has 17 nitrogen and oxygen atoms in total. The van der Waals surface area contributed by atoms with Crippen molar-refractivity contribution in [2.24, 2.45) is 41.2 Å². The highest BCUT2D eigenvalue weighted by atomic mass is 16.3. The fourth-order valence-corrected chi connectivity index (χ4v) is 8.64. The molecule has 10 atom stereocenters. The van der Waals surface area contributed by atoms with Crippen LogP contribution in [-0.2, 0) is 35.2 Å². The molecule has 1 saturated carbocycles. The first-order chi connectivity index (χ1) is 26.8. The maximum atomic E-state index is 13.9. The van der Waals surface area contributed by atoms with Gasteiger partial charge in [0, 0.05) is 64.3 Å². The van der Waals surface area contributed by atoms with Crippen LogP contribution in [0.1, 0.15) is 51.5 Å². The zero-order chi connectivity index (χ0) is 40.4. The average Bonchev–Trinajstić information content (AvgIpc) is 3.98. The van der Waals surface area contributed by atoms with Crippen LogP contribution in [0.25, 0.3) is 0 Å². The van der Waals surface area contributed by atoms with Crippen LogP contribution in [0.3, 0.4) is 0 Å². The highest BCUT2D eigenvalue weighted by Gasteiger charge is 2.41. The quantitative estimate of drug-likeness (QED) is 0.0747. The summed E-state index contributed by atoms with van der Waals surface area (Å²) in [6.07, 6.45) is 3.57. The number of hydrogen-bond acceptors (Lipinski definition) is 11. The predicted octanol–water partition coefficient (Wildman–Crippen LogP) is -2.43. The molecule has 4 fully saturated rings. The summed E-state index contributed by atoms with van der Waals surface area (Å²) in [5, 5.41) is 37.6. The van der Waals surface area contributed by atoms with Crippen molar-refractivity contribution >= 4 is 35.4 Å². The zero-order valence-electron chi connectivity index (χ0n) is 32.8. The molecule has 4 aliphatic rings. The lowest BCUT2D eigenvalue weighted by atomic mass is 9.95. The molecule has 1 aliphatic carbocycles. The van der Waals surface area contributed by atoms with E-state index in [2.05, 4.69) is 47.9 Å². The van der Waals surface area contributed by atoms with E-state index in [4.69, 9.17) is 5.73 Å². The van der Waals surface area contributed by atoms with Crippen molar-refractivity contribution in [3.8, 4) is 5.75 Å². The monoisotopic (exact) mass is 782 g/mol. The number of benzene rings is 1. The Morgan fingerprint density at radius 2 is 1.36 bits per heavy atom. The van der Waals surface area contributed by atoms with Gasteiger partial charge in [-0.25, -0.2) is 0 Å². The molecule has 6 amide bonds. The largest absolute Gasteiger partial charge is 0.508 e. The Morgan fingerprint density at radius 3 is 1.98 bits per heavy atom. The molecule has 1 aromatic rings. The SMILES string of the molecule is CNC1CCCC1C(=O)NC[C@H](Cc1ccc(O)cc1)C(=O)NC1CNCC1C(=O)NC1CNCC1C(=O)N[C@H](CC(=O)NC1CNCC1C(N)=O)CC(C)C. The lowest BCUT2D eigenvalue weighted by Crippen LogP contribution is -2.54. The molecule has 5 rings (SSSR count). The number of carbonyl (C=O) groups is 6. The average molecular weight is 783 g/mol. The second-order valence-electron chi connectivity index (χ2n) is 16.4. The molecule has 0 aromatic heterocycles. The van der Waals surface area contributed by atoms with E-state index in [-0.39, 0.29) is 66.1 Å². The van der Waals surface area contributed by atoms with Crippen LogP contribution in [0.4, 0.5) is 0 Å². The second kappa shape index (κ2) is 20.2. The summed E-state index contributed by atoms with van der Waals surface area (Å²) < 4.78 is 0. The van der Waals surface area contributed by atoms with Gasteiger partial charge in [-0.2, -0.15) is 0 Å². The van der Waals surface area contributed by atoms with Crippen molar-refractivity contribution < 1.29 is 33.9 Å². The summed E-state index contributed by atoms with van der Waals surface area (Å²) in [4.78, 5) is 79.3. The Hall–Kier alpha value is -4.32. The van der Waals surface area contributed by atoms with Crippen molar-refractivity contribution in [3.63, 3.8) is 0 Å². The molecule has 3 aliphatic heterocycles. The van der Waals surface area contributed by atoms with Gasteiger partial charge >= 0.3 is 0 Å². The van der Waals surface area contributed by atoms with E-state index in [0.717, 1.165) is 24.8 Å². The third kappa shape index (κ3) is 11.6. The van der Waals surface area contributed by atoms with Gasteiger partial charge in [0.2, 0.25) is 35.4 Å². The molecule has 310 valence electrons. The third-order valence-electron chi connectivity index (χ3n) is 11.8. The Morgan fingerprint density at radius 1 is 0.750 bits per heavy atom. The van der Waals surface area contributed by atoms with Crippen LogP contribution >= 0.6 is 0 Å². The molecule has 0 radical (unpaired) electrons. The van der Waals surface area contributed by atoms with Crippen LogP contribution in [0.15, 0.2) is 24.3 Å². The molecule has 56 heavy (non-hydrogen) atoms. The van der Waals surface area contributed by atoms with Crippen molar-refractivity contribution in [2.45, 2.75) is 82.6 Å². The minimum atomic E-state index is -0.630. The lowest BCUT2D eigenvalue weighted by Gasteiger charge is -2.27. The van der Waals surface area contributed by atoms with Crippen molar-refractivity contribution in [1.29, 1.82) is 0 Å². The zero-order valence-corrected chi connectivity index (χ0v) is 32.8. The summed E-state index contributed by atoms with van der Waals surface area (Å²) in [5.74, 6) is -3.89. The Labute approximate surface area is 329 Å². The van der Waals surface area contributed by atoms with Gasteiger partial charge in [-0.3, -0.25) is 28.8 Å². The number of hydrogen-bond donors (Lipinski definition) is 11. The van der Waals surface area contributed by atoms with Crippen molar-refractivity contribution in [3.05, 3.63) is 29.8 Å². The summed E-state index contributed by atoms with van der Waals surface area (Å²) in [7, 11) is 1.85. The van der Waals surface area contributed by atoms with E-state index in [1.807, 2.05) is 20.9 Å². The predicted molar refractivity (Wildman–Crippen MR) is 209 cm³/mol. The Balaban J connectivity index is 1.17. The van der Waals surface area contributed by atoms with Gasteiger partial charge in [-0.05, 0) is 56.3 Å². The number of rotatable bonds is 18. The molecule has 1 aromatic carbocycles. The third-order valence-corrected chi connectivity index (χ3v) is 11.8. The highest BCUT2D eigenvalue weighted by molar-refractivity contribution is 5.87. The van der Waals surface area contributed by atoms with E-state index in [1.54, 1.807) is 24.3 Å². The van der Waals surface area contributed by atoms with E-state index >= 15 is 0 Å². The van der Waals surface area contributed by atoms with Crippen LogP contribution < -0.4 is 53.6 Å². The van der Waals surface area contributed by atoms with Gasteiger partial charge in [-0.15, -0.1) is 0 Å².